The van der Waals surface area contributed by atoms with Crippen LogP contribution in [0, 0.1) is 34.8 Å². The molecule has 1 N–H and O–H groups in total. The molecule has 28 heavy (non-hydrogen) atoms. The van der Waals surface area contributed by atoms with Gasteiger partial charge in [-0.1, -0.05) is 12.1 Å². The van der Waals surface area contributed by atoms with Crippen LogP contribution in [0.15, 0.2) is 28.8 Å². The Morgan fingerprint density at radius 2 is 1.96 bits per heavy atom. The summed E-state index contributed by atoms with van der Waals surface area (Å²) in [5, 5.41) is 18.1. The molecular formula is C19H20N4O5. The van der Waals surface area contributed by atoms with Gasteiger partial charge in [0.15, 0.2) is 0 Å². The maximum Gasteiger partial charge on any atom is 0.294 e. The molecule has 1 aliphatic heterocycles. The molecule has 9 heteroatoms. The molecule has 0 radical (unpaired) electrons. The number of anilines is 3. The lowest BCUT2D eigenvalue weighted by molar-refractivity contribution is -0.383. The van der Waals surface area contributed by atoms with Crippen LogP contribution in [0.25, 0.3) is 0 Å². The third-order valence-corrected chi connectivity index (χ3v) is 5.51. The van der Waals surface area contributed by atoms with Gasteiger partial charge in [0, 0.05) is 12.1 Å². The number of carbonyl (C=O) groups is 2. The minimum absolute atomic E-state index is 0.190. The molecule has 2 aliphatic rings. The Morgan fingerprint density at radius 3 is 2.64 bits per heavy atom. The number of fused-ring (bicyclic) bond motifs is 1. The molecule has 9 nitrogen and oxygen atoms in total. The summed E-state index contributed by atoms with van der Waals surface area (Å²) in [6, 6.07) is 5.87. The average molecular weight is 384 g/mol. The second-order valence-electron chi connectivity index (χ2n) is 7.56. The van der Waals surface area contributed by atoms with E-state index in [2.05, 4.69) is 17.4 Å². The van der Waals surface area contributed by atoms with Gasteiger partial charge in [-0.25, -0.2) is 4.90 Å². The molecule has 146 valence electrons. The van der Waals surface area contributed by atoms with E-state index in [4.69, 9.17) is 4.52 Å². The Bertz CT molecular complexity index is 969. The molecule has 2 aromatic rings. The van der Waals surface area contributed by atoms with Gasteiger partial charge >= 0.3 is 0 Å². The van der Waals surface area contributed by atoms with Crippen LogP contribution in [0.1, 0.15) is 31.9 Å². The van der Waals surface area contributed by atoms with Gasteiger partial charge in [-0.05, 0) is 44.2 Å². The van der Waals surface area contributed by atoms with Crippen molar-refractivity contribution in [1.29, 1.82) is 0 Å². The van der Waals surface area contributed by atoms with Crippen LogP contribution in [0.4, 0.5) is 22.9 Å². The summed E-state index contributed by atoms with van der Waals surface area (Å²) in [6.45, 7) is 3.81. The SMILES string of the molecule is Cc1cc(Nc2ccc(N3C(=O)[C@H]4C[C@H](C)CC[C@H]4C3=O)cc2[N+](=O)[O-])on1. The van der Waals surface area contributed by atoms with E-state index < -0.39 is 4.92 Å². The number of nitro groups is 1. The lowest BCUT2D eigenvalue weighted by Crippen LogP contribution is -2.30. The Morgan fingerprint density at radius 1 is 1.21 bits per heavy atom. The molecular weight excluding hydrogens is 364 g/mol. The van der Waals surface area contributed by atoms with E-state index in [9.17, 15) is 19.7 Å². The zero-order valence-electron chi connectivity index (χ0n) is 15.5. The van der Waals surface area contributed by atoms with Crippen LogP contribution in [0.3, 0.4) is 0 Å². The third-order valence-electron chi connectivity index (χ3n) is 5.51. The minimum Gasteiger partial charge on any atom is -0.338 e. The predicted molar refractivity (Wildman–Crippen MR) is 100 cm³/mol. The standard InChI is InChI=1S/C19H20N4O5/c1-10-3-5-13-14(7-10)19(25)22(18(13)24)12-4-6-15(16(9-12)23(26)27)20-17-8-11(2)21-28-17/h4,6,8-10,13-14,20H,3,5,7H2,1-2H3/t10-,13-,14+/m1/s1. The number of nitrogens with one attached hydrogen (secondary N) is 1. The quantitative estimate of drug-likeness (QED) is 0.486. The number of imide groups is 1. The number of aryl methyl sites for hydroxylation is 1. The Labute approximate surface area is 160 Å². The lowest BCUT2D eigenvalue weighted by Gasteiger charge is -2.25. The highest BCUT2D eigenvalue weighted by atomic mass is 16.6. The molecule has 1 aliphatic carbocycles. The smallest absolute Gasteiger partial charge is 0.294 e. The summed E-state index contributed by atoms with van der Waals surface area (Å²) in [6.07, 6.45) is 2.27. The second kappa shape index (κ2) is 6.74. The first-order valence-electron chi connectivity index (χ1n) is 9.21. The van der Waals surface area contributed by atoms with E-state index in [1.54, 1.807) is 13.0 Å². The van der Waals surface area contributed by atoms with Crippen LogP contribution in [0.5, 0.6) is 0 Å². The first kappa shape index (κ1) is 18.1. The summed E-state index contributed by atoms with van der Waals surface area (Å²) < 4.78 is 5.04. The summed E-state index contributed by atoms with van der Waals surface area (Å²) in [5.74, 6) is -0.515. The summed E-state index contributed by atoms with van der Waals surface area (Å²) >= 11 is 0. The van der Waals surface area contributed by atoms with Crippen LogP contribution in [0.2, 0.25) is 0 Å². The fourth-order valence-electron chi connectivity index (χ4n) is 4.12. The van der Waals surface area contributed by atoms with Crippen LogP contribution in [-0.4, -0.2) is 21.9 Å². The van der Waals surface area contributed by atoms with Gasteiger partial charge in [-0.3, -0.25) is 19.7 Å². The van der Waals surface area contributed by atoms with Crippen molar-refractivity contribution in [3.05, 3.63) is 40.1 Å². The van der Waals surface area contributed by atoms with E-state index in [1.807, 2.05) is 0 Å². The van der Waals surface area contributed by atoms with Gasteiger partial charge in [0.05, 0.1) is 28.1 Å². The first-order chi connectivity index (χ1) is 13.3. The maximum atomic E-state index is 12.9. The van der Waals surface area contributed by atoms with Gasteiger partial charge in [-0.15, -0.1) is 0 Å². The Hall–Kier alpha value is -3.23. The molecule has 0 spiro atoms. The van der Waals surface area contributed by atoms with Crippen LogP contribution < -0.4 is 10.2 Å². The second-order valence-corrected chi connectivity index (χ2v) is 7.56. The third kappa shape index (κ3) is 3.02. The molecule has 0 bridgehead atoms. The number of nitro benzene ring substituents is 1. The van der Waals surface area contributed by atoms with E-state index in [1.165, 1.54) is 18.2 Å². The van der Waals surface area contributed by atoms with Crippen LogP contribution in [-0.2, 0) is 9.59 Å². The normalized spacial score (nSPS) is 24.4. The van der Waals surface area contributed by atoms with Gasteiger partial charge in [0.25, 0.3) is 5.69 Å². The summed E-state index contributed by atoms with van der Waals surface area (Å²) in [7, 11) is 0. The maximum absolute atomic E-state index is 12.9. The van der Waals surface area contributed by atoms with Crippen molar-refractivity contribution in [2.45, 2.75) is 33.1 Å². The number of amides is 2. The fourth-order valence-corrected chi connectivity index (χ4v) is 4.12. The first-order valence-corrected chi connectivity index (χ1v) is 9.21. The summed E-state index contributed by atoms with van der Waals surface area (Å²) in [5.41, 5.74) is 0.792. The number of rotatable bonds is 4. The molecule has 1 saturated heterocycles. The molecule has 4 rings (SSSR count). The molecule has 1 aromatic heterocycles. The number of hydrogen-bond donors (Lipinski definition) is 1. The molecule has 2 amide bonds. The number of aromatic nitrogens is 1. The molecule has 3 atom stereocenters. The van der Waals surface area contributed by atoms with Gasteiger partial charge < -0.3 is 9.84 Å². The number of hydrogen-bond acceptors (Lipinski definition) is 7. The van der Waals surface area contributed by atoms with E-state index >= 15 is 0 Å². The van der Waals surface area contributed by atoms with Crippen LogP contribution >= 0.6 is 0 Å². The molecule has 1 saturated carbocycles. The zero-order valence-corrected chi connectivity index (χ0v) is 15.5. The van der Waals surface area contributed by atoms with Gasteiger partial charge in [0.2, 0.25) is 17.7 Å². The highest BCUT2D eigenvalue weighted by Crippen LogP contribution is 2.43. The van der Waals surface area contributed by atoms with E-state index in [0.717, 1.165) is 11.3 Å². The fraction of sp³-hybridized carbons (Fsp3) is 0.421. The van der Waals surface area contributed by atoms with Crippen molar-refractivity contribution < 1.29 is 19.0 Å². The van der Waals surface area contributed by atoms with Crippen molar-refractivity contribution in [2.75, 3.05) is 10.2 Å². The Kier molecular flexibility index (Phi) is 4.37. The highest BCUT2D eigenvalue weighted by Gasteiger charge is 2.50. The largest absolute Gasteiger partial charge is 0.338 e. The van der Waals surface area contributed by atoms with Gasteiger partial charge in [0.1, 0.15) is 5.69 Å². The van der Waals surface area contributed by atoms with E-state index in [-0.39, 0.29) is 46.6 Å². The number of benzene rings is 1. The van der Waals surface area contributed by atoms with Crippen molar-refractivity contribution >= 4 is 34.8 Å². The van der Waals surface area contributed by atoms with Gasteiger partial charge in [-0.2, -0.15) is 0 Å². The monoisotopic (exact) mass is 384 g/mol. The Balaban J connectivity index is 1.67. The molecule has 0 unspecified atom stereocenters. The lowest BCUT2D eigenvalue weighted by atomic mass is 9.76. The molecule has 2 heterocycles. The minimum atomic E-state index is -0.560. The van der Waals surface area contributed by atoms with Crippen molar-refractivity contribution in [3.8, 4) is 0 Å². The number of carbonyl (C=O) groups excluding carboxylic acids is 2. The number of nitrogens with zero attached hydrogens (tertiary/aromatic N) is 3. The predicted octanol–water partition coefficient (Wildman–Crippen LogP) is 3.56. The molecule has 1 aromatic carbocycles. The van der Waals surface area contributed by atoms with Crippen molar-refractivity contribution in [3.63, 3.8) is 0 Å². The van der Waals surface area contributed by atoms with Crippen molar-refractivity contribution in [2.24, 2.45) is 17.8 Å². The van der Waals surface area contributed by atoms with E-state index in [0.29, 0.717) is 24.5 Å². The topological polar surface area (TPSA) is 119 Å². The summed E-state index contributed by atoms with van der Waals surface area (Å²) in [4.78, 5) is 37.8. The average Bonchev–Trinajstić information content (AvgIpc) is 3.16. The molecule has 2 fully saturated rings. The highest BCUT2D eigenvalue weighted by molar-refractivity contribution is 6.22. The zero-order chi connectivity index (χ0) is 20.0. The van der Waals surface area contributed by atoms with Crippen molar-refractivity contribution in [1.82, 2.24) is 5.16 Å².